The number of aromatic nitrogens is 1. The van der Waals surface area contributed by atoms with E-state index in [-0.39, 0.29) is 5.56 Å². The Morgan fingerprint density at radius 3 is 2.40 bits per heavy atom. The smallest absolute Gasteiger partial charge is 0.268 e. The van der Waals surface area contributed by atoms with Crippen LogP contribution in [0.2, 0.25) is 0 Å². The number of ether oxygens (including phenoxy) is 2. The zero-order valence-electron chi connectivity index (χ0n) is 17.1. The molecule has 30 heavy (non-hydrogen) atoms. The van der Waals surface area contributed by atoms with Crippen molar-refractivity contribution in [2.75, 3.05) is 20.8 Å². The second-order valence-corrected chi connectivity index (χ2v) is 6.72. The highest BCUT2D eigenvalue weighted by Crippen LogP contribution is 2.27. The summed E-state index contributed by atoms with van der Waals surface area (Å²) in [6, 6.07) is 12.8. The van der Waals surface area contributed by atoms with E-state index < -0.39 is 17.3 Å². The lowest BCUT2D eigenvalue weighted by atomic mass is 10.1. The summed E-state index contributed by atoms with van der Waals surface area (Å²) in [7, 11) is 3.13. The Labute approximate surface area is 173 Å². The number of nitrogens with zero attached hydrogens (tertiary/aromatic N) is 1. The van der Waals surface area contributed by atoms with Gasteiger partial charge < -0.3 is 14.8 Å². The van der Waals surface area contributed by atoms with Crippen molar-refractivity contribution in [2.45, 2.75) is 13.3 Å². The van der Waals surface area contributed by atoms with Gasteiger partial charge in [-0.1, -0.05) is 6.07 Å². The predicted molar refractivity (Wildman–Crippen MR) is 112 cm³/mol. The molecule has 0 spiro atoms. The molecule has 0 aliphatic carbocycles. The molecule has 1 heterocycles. The number of carbonyl (C=O) groups excluding carboxylic acids is 1. The highest BCUT2D eigenvalue weighted by atomic mass is 19.1. The van der Waals surface area contributed by atoms with Gasteiger partial charge in [0.15, 0.2) is 11.5 Å². The molecule has 2 aromatic carbocycles. The van der Waals surface area contributed by atoms with E-state index in [9.17, 15) is 14.0 Å². The Morgan fingerprint density at radius 2 is 1.73 bits per heavy atom. The first-order valence-corrected chi connectivity index (χ1v) is 9.42. The van der Waals surface area contributed by atoms with Gasteiger partial charge in [0.2, 0.25) is 0 Å². The number of methoxy groups -OCH3 is 2. The highest BCUT2D eigenvalue weighted by Gasteiger charge is 2.16. The number of hydrogen-bond donors (Lipinski definition) is 1. The van der Waals surface area contributed by atoms with Gasteiger partial charge in [0.1, 0.15) is 11.4 Å². The van der Waals surface area contributed by atoms with Gasteiger partial charge in [-0.25, -0.2) is 4.39 Å². The maximum Gasteiger partial charge on any atom is 0.268 e. The molecule has 0 fully saturated rings. The molecular formula is C23H23FN2O4. The Bertz CT molecular complexity index is 1110. The fraction of sp³-hybridized carbons (Fsp3) is 0.217. The third-order valence-corrected chi connectivity index (χ3v) is 4.78. The minimum atomic E-state index is -0.453. The molecule has 3 aromatic rings. The van der Waals surface area contributed by atoms with Gasteiger partial charge in [0, 0.05) is 18.4 Å². The maximum atomic E-state index is 13.2. The van der Waals surface area contributed by atoms with Gasteiger partial charge in [0.05, 0.1) is 14.2 Å². The van der Waals surface area contributed by atoms with Crippen molar-refractivity contribution in [3.05, 3.63) is 87.6 Å². The van der Waals surface area contributed by atoms with E-state index in [1.165, 1.54) is 28.8 Å². The molecule has 0 saturated heterocycles. The summed E-state index contributed by atoms with van der Waals surface area (Å²) in [4.78, 5) is 25.6. The summed E-state index contributed by atoms with van der Waals surface area (Å²) in [5.74, 6) is 0.399. The second kappa shape index (κ2) is 9.26. The second-order valence-electron chi connectivity index (χ2n) is 6.72. The summed E-state index contributed by atoms with van der Waals surface area (Å²) < 4.78 is 25.0. The maximum absolute atomic E-state index is 13.2. The summed E-state index contributed by atoms with van der Waals surface area (Å²) in [5, 5.41) is 2.80. The Balaban J connectivity index is 1.75. The van der Waals surface area contributed by atoms with Crippen LogP contribution in [-0.2, 0) is 6.42 Å². The average molecular weight is 410 g/mol. The SMILES string of the molecule is COc1ccc(CCNC(=O)c2c(C)ccn(-c3ccc(F)cc3)c2=O)cc1OC. The molecule has 1 amide bonds. The fourth-order valence-corrected chi connectivity index (χ4v) is 3.15. The Hall–Kier alpha value is -3.61. The number of amides is 1. The molecule has 1 aromatic heterocycles. The number of pyridine rings is 1. The standard InChI is InChI=1S/C23H23FN2O4/c1-15-11-13-26(18-7-5-17(24)6-8-18)23(28)21(15)22(27)25-12-10-16-4-9-19(29-2)20(14-16)30-3/h4-9,11,13-14H,10,12H2,1-3H3,(H,25,27). The topological polar surface area (TPSA) is 69.6 Å². The van der Waals surface area contributed by atoms with Crippen LogP contribution in [0.3, 0.4) is 0 Å². The van der Waals surface area contributed by atoms with Crippen LogP contribution in [-0.4, -0.2) is 31.2 Å². The van der Waals surface area contributed by atoms with Gasteiger partial charge in [0.25, 0.3) is 11.5 Å². The van der Waals surface area contributed by atoms with Crippen LogP contribution in [0.15, 0.2) is 59.5 Å². The van der Waals surface area contributed by atoms with Crippen molar-refractivity contribution in [1.29, 1.82) is 0 Å². The molecule has 0 unspecified atom stereocenters. The molecule has 0 atom stereocenters. The van der Waals surface area contributed by atoms with Gasteiger partial charge in [-0.3, -0.25) is 14.2 Å². The lowest BCUT2D eigenvalue weighted by Gasteiger charge is -2.12. The molecule has 0 aliphatic rings. The molecule has 0 aliphatic heterocycles. The van der Waals surface area contributed by atoms with E-state index >= 15 is 0 Å². The minimum absolute atomic E-state index is 0.0640. The first-order valence-electron chi connectivity index (χ1n) is 9.42. The van der Waals surface area contributed by atoms with E-state index in [2.05, 4.69) is 5.32 Å². The van der Waals surface area contributed by atoms with E-state index in [0.29, 0.717) is 35.7 Å². The zero-order valence-corrected chi connectivity index (χ0v) is 17.1. The van der Waals surface area contributed by atoms with Crippen LogP contribution in [0, 0.1) is 12.7 Å². The van der Waals surface area contributed by atoms with Crippen LogP contribution < -0.4 is 20.3 Å². The third kappa shape index (κ3) is 4.51. The van der Waals surface area contributed by atoms with Crippen LogP contribution in [0.25, 0.3) is 5.69 Å². The highest BCUT2D eigenvalue weighted by molar-refractivity contribution is 5.95. The Morgan fingerprint density at radius 1 is 1.03 bits per heavy atom. The lowest BCUT2D eigenvalue weighted by Crippen LogP contribution is -2.34. The minimum Gasteiger partial charge on any atom is -0.493 e. The molecule has 7 heteroatoms. The predicted octanol–water partition coefficient (Wildman–Crippen LogP) is 3.27. The number of halogens is 1. The van der Waals surface area contributed by atoms with E-state index in [0.717, 1.165) is 5.56 Å². The largest absolute Gasteiger partial charge is 0.493 e. The summed E-state index contributed by atoms with van der Waals surface area (Å²) in [6.45, 7) is 2.05. The Kier molecular flexibility index (Phi) is 6.51. The average Bonchev–Trinajstić information content (AvgIpc) is 2.74. The van der Waals surface area contributed by atoms with Crippen molar-refractivity contribution in [2.24, 2.45) is 0 Å². The molecule has 0 radical (unpaired) electrons. The van der Waals surface area contributed by atoms with Gasteiger partial charge in [-0.2, -0.15) is 0 Å². The molecule has 3 rings (SSSR count). The van der Waals surface area contributed by atoms with Crippen LogP contribution in [0.4, 0.5) is 4.39 Å². The van der Waals surface area contributed by atoms with Gasteiger partial charge in [-0.05, 0) is 66.9 Å². The monoisotopic (exact) mass is 410 g/mol. The van der Waals surface area contributed by atoms with Crippen LogP contribution in [0.1, 0.15) is 21.5 Å². The van der Waals surface area contributed by atoms with Crippen LogP contribution >= 0.6 is 0 Å². The number of rotatable bonds is 7. The number of benzene rings is 2. The quantitative estimate of drug-likeness (QED) is 0.649. The lowest BCUT2D eigenvalue weighted by molar-refractivity contribution is 0.0951. The number of nitrogens with one attached hydrogen (secondary N) is 1. The van der Waals surface area contributed by atoms with Crippen molar-refractivity contribution in [3.63, 3.8) is 0 Å². The fourth-order valence-electron chi connectivity index (χ4n) is 3.15. The first-order chi connectivity index (χ1) is 14.4. The van der Waals surface area contributed by atoms with Crippen LogP contribution in [0.5, 0.6) is 11.5 Å². The number of carbonyl (C=O) groups is 1. The van der Waals surface area contributed by atoms with Crippen molar-refractivity contribution in [3.8, 4) is 17.2 Å². The van der Waals surface area contributed by atoms with E-state index in [1.807, 2.05) is 12.1 Å². The summed E-state index contributed by atoms with van der Waals surface area (Å²) in [5.41, 5.74) is 1.63. The number of aryl methyl sites for hydroxylation is 1. The van der Waals surface area contributed by atoms with E-state index in [1.54, 1.807) is 39.5 Å². The molecule has 0 bridgehead atoms. The van der Waals surface area contributed by atoms with E-state index in [4.69, 9.17) is 9.47 Å². The third-order valence-electron chi connectivity index (χ3n) is 4.78. The van der Waals surface area contributed by atoms with Gasteiger partial charge in [-0.15, -0.1) is 0 Å². The molecule has 0 saturated carbocycles. The van der Waals surface area contributed by atoms with Gasteiger partial charge >= 0.3 is 0 Å². The summed E-state index contributed by atoms with van der Waals surface area (Å²) in [6.07, 6.45) is 2.13. The van der Waals surface area contributed by atoms with Crippen molar-refractivity contribution in [1.82, 2.24) is 9.88 Å². The first kappa shape index (κ1) is 21.1. The molecule has 1 N–H and O–H groups in total. The molecular weight excluding hydrogens is 387 g/mol. The van der Waals surface area contributed by atoms with Crippen molar-refractivity contribution >= 4 is 5.91 Å². The molecule has 6 nitrogen and oxygen atoms in total. The number of hydrogen-bond acceptors (Lipinski definition) is 4. The normalized spacial score (nSPS) is 10.5. The van der Waals surface area contributed by atoms with Crippen molar-refractivity contribution < 1.29 is 18.7 Å². The molecule has 156 valence electrons. The summed E-state index contributed by atoms with van der Waals surface area (Å²) >= 11 is 0. The zero-order chi connectivity index (χ0) is 21.7.